The molecule has 9 nitrogen and oxygen atoms in total. The van der Waals surface area contributed by atoms with Crippen LogP contribution in [0.25, 0.3) is 15.5 Å². The first kappa shape index (κ1) is 19.7. The zero-order chi connectivity index (χ0) is 20.3. The molecule has 0 saturated carbocycles. The van der Waals surface area contributed by atoms with Gasteiger partial charge in [-0.25, -0.2) is 9.59 Å². The standard InChI is InChI=1S/C18H22N6O3S/c1-10(2)8-14(16(25)27-4)20-17(26)19-13-7-5-6-12(9-13)15-23-24-11(3)21-22-18(24)28-15/h5-7,9-10,14H,8H2,1-4H3,(H2,19,20,26). The number of amides is 2. The van der Waals surface area contributed by atoms with E-state index < -0.39 is 18.0 Å². The summed E-state index contributed by atoms with van der Waals surface area (Å²) in [4.78, 5) is 24.9. The fourth-order valence-electron chi connectivity index (χ4n) is 2.71. The Morgan fingerprint density at radius 3 is 2.75 bits per heavy atom. The van der Waals surface area contributed by atoms with E-state index >= 15 is 0 Å². The summed E-state index contributed by atoms with van der Waals surface area (Å²) in [5.41, 5.74) is 1.44. The largest absolute Gasteiger partial charge is 0.467 e. The lowest BCUT2D eigenvalue weighted by atomic mass is 10.0. The minimum Gasteiger partial charge on any atom is -0.467 e. The van der Waals surface area contributed by atoms with Crippen LogP contribution in [0, 0.1) is 12.8 Å². The average Bonchev–Trinajstić information content (AvgIpc) is 3.22. The van der Waals surface area contributed by atoms with Crippen molar-refractivity contribution < 1.29 is 14.3 Å². The van der Waals surface area contributed by atoms with Gasteiger partial charge in [-0.05, 0) is 31.4 Å². The van der Waals surface area contributed by atoms with Crippen LogP contribution < -0.4 is 10.6 Å². The molecule has 3 rings (SSSR count). The molecule has 28 heavy (non-hydrogen) atoms. The molecule has 0 bridgehead atoms. The zero-order valence-corrected chi connectivity index (χ0v) is 16.9. The number of esters is 1. The Kier molecular flexibility index (Phi) is 5.88. The molecule has 2 N–H and O–H groups in total. The van der Waals surface area contributed by atoms with E-state index in [2.05, 4.69) is 25.9 Å². The Morgan fingerprint density at radius 1 is 1.29 bits per heavy atom. The topological polar surface area (TPSA) is 111 Å². The van der Waals surface area contributed by atoms with Crippen LogP contribution in [-0.2, 0) is 9.53 Å². The summed E-state index contributed by atoms with van der Waals surface area (Å²) in [6.07, 6.45) is 0.492. The van der Waals surface area contributed by atoms with Gasteiger partial charge in [0.2, 0.25) is 4.96 Å². The number of aromatic nitrogens is 4. The predicted molar refractivity (Wildman–Crippen MR) is 106 cm³/mol. The highest BCUT2D eigenvalue weighted by Crippen LogP contribution is 2.27. The summed E-state index contributed by atoms with van der Waals surface area (Å²) < 4.78 is 6.45. The quantitative estimate of drug-likeness (QED) is 0.614. The van der Waals surface area contributed by atoms with Crippen molar-refractivity contribution in [3.05, 3.63) is 30.1 Å². The van der Waals surface area contributed by atoms with Crippen molar-refractivity contribution in [2.45, 2.75) is 33.2 Å². The Hall–Kier alpha value is -3.01. The van der Waals surface area contributed by atoms with Gasteiger partial charge in [0.1, 0.15) is 11.0 Å². The molecule has 0 aliphatic carbocycles. The normalized spacial score (nSPS) is 12.2. The van der Waals surface area contributed by atoms with Gasteiger partial charge in [0.25, 0.3) is 0 Å². The van der Waals surface area contributed by atoms with E-state index in [1.54, 1.807) is 10.6 Å². The third-order valence-electron chi connectivity index (χ3n) is 4.01. The number of methoxy groups -OCH3 is 1. The number of carbonyl (C=O) groups is 2. The van der Waals surface area contributed by atoms with Crippen LogP contribution in [0.3, 0.4) is 0 Å². The highest BCUT2D eigenvalue weighted by molar-refractivity contribution is 7.19. The molecule has 0 aliphatic rings. The third-order valence-corrected chi connectivity index (χ3v) is 4.96. The maximum atomic E-state index is 12.4. The molecule has 0 aliphatic heterocycles. The smallest absolute Gasteiger partial charge is 0.328 e. The van der Waals surface area contributed by atoms with Crippen molar-refractivity contribution >= 4 is 34.0 Å². The number of nitrogens with zero attached hydrogens (tertiary/aromatic N) is 4. The summed E-state index contributed by atoms with van der Waals surface area (Å²) in [6.45, 7) is 5.78. The van der Waals surface area contributed by atoms with E-state index in [9.17, 15) is 9.59 Å². The van der Waals surface area contributed by atoms with Crippen LogP contribution in [-0.4, -0.2) is 45.0 Å². The van der Waals surface area contributed by atoms with Crippen LogP contribution >= 0.6 is 11.3 Å². The monoisotopic (exact) mass is 402 g/mol. The van der Waals surface area contributed by atoms with Gasteiger partial charge in [0, 0.05) is 11.3 Å². The number of ether oxygens (including phenoxy) is 1. The lowest BCUT2D eigenvalue weighted by molar-refractivity contribution is -0.143. The molecule has 10 heteroatoms. The van der Waals surface area contributed by atoms with Gasteiger partial charge in [-0.15, -0.1) is 10.2 Å². The zero-order valence-electron chi connectivity index (χ0n) is 16.1. The number of fused-ring (bicyclic) bond motifs is 1. The van der Waals surface area contributed by atoms with E-state index in [1.165, 1.54) is 18.4 Å². The van der Waals surface area contributed by atoms with Crippen LogP contribution in [0.2, 0.25) is 0 Å². The van der Waals surface area contributed by atoms with Crippen molar-refractivity contribution in [1.29, 1.82) is 0 Å². The maximum absolute atomic E-state index is 12.4. The molecule has 148 valence electrons. The van der Waals surface area contributed by atoms with E-state index in [0.29, 0.717) is 22.9 Å². The number of rotatable bonds is 6. The SMILES string of the molecule is COC(=O)C(CC(C)C)NC(=O)Nc1cccc(-c2nn3c(C)nnc3s2)c1. The first-order valence-electron chi connectivity index (χ1n) is 8.82. The lowest BCUT2D eigenvalue weighted by Crippen LogP contribution is -2.44. The lowest BCUT2D eigenvalue weighted by Gasteiger charge is -2.18. The van der Waals surface area contributed by atoms with Crippen LogP contribution in [0.1, 0.15) is 26.1 Å². The highest BCUT2D eigenvalue weighted by atomic mass is 32.1. The van der Waals surface area contributed by atoms with Gasteiger partial charge < -0.3 is 15.4 Å². The predicted octanol–water partition coefficient (Wildman–Crippen LogP) is 2.87. The highest BCUT2D eigenvalue weighted by Gasteiger charge is 2.22. The molecule has 0 saturated heterocycles. The molecule has 0 radical (unpaired) electrons. The molecule has 1 unspecified atom stereocenters. The minimum atomic E-state index is -0.699. The number of aryl methyl sites for hydroxylation is 1. The molecule has 0 fully saturated rings. The fourth-order valence-corrected chi connectivity index (χ4v) is 3.60. The molecule has 2 amide bonds. The Balaban J connectivity index is 1.72. The Bertz CT molecular complexity index is 996. The van der Waals surface area contributed by atoms with Gasteiger partial charge >= 0.3 is 12.0 Å². The summed E-state index contributed by atoms with van der Waals surface area (Å²) >= 11 is 1.41. The summed E-state index contributed by atoms with van der Waals surface area (Å²) in [6, 6.07) is 6.14. The second kappa shape index (κ2) is 8.34. The number of nitrogens with one attached hydrogen (secondary N) is 2. The summed E-state index contributed by atoms with van der Waals surface area (Å²) in [5.74, 6) is 0.479. The number of urea groups is 1. The maximum Gasteiger partial charge on any atom is 0.328 e. The van der Waals surface area contributed by atoms with Crippen molar-refractivity contribution in [3.63, 3.8) is 0 Å². The van der Waals surface area contributed by atoms with E-state index in [4.69, 9.17) is 4.74 Å². The number of hydrogen-bond acceptors (Lipinski definition) is 7. The van der Waals surface area contributed by atoms with Gasteiger partial charge in [-0.3, -0.25) is 0 Å². The fraction of sp³-hybridized carbons (Fsp3) is 0.389. The van der Waals surface area contributed by atoms with Gasteiger partial charge in [-0.2, -0.15) is 9.61 Å². The number of benzene rings is 1. The first-order valence-corrected chi connectivity index (χ1v) is 9.63. The van der Waals surface area contributed by atoms with Crippen LogP contribution in [0.5, 0.6) is 0 Å². The van der Waals surface area contributed by atoms with E-state index in [1.807, 2.05) is 39.0 Å². The Morgan fingerprint density at radius 2 is 2.07 bits per heavy atom. The van der Waals surface area contributed by atoms with Crippen molar-refractivity contribution in [1.82, 2.24) is 25.1 Å². The van der Waals surface area contributed by atoms with Crippen LogP contribution in [0.4, 0.5) is 10.5 Å². The molecular weight excluding hydrogens is 380 g/mol. The number of anilines is 1. The summed E-state index contributed by atoms with van der Waals surface area (Å²) in [5, 5.41) is 18.7. The third kappa shape index (κ3) is 4.45. The van der Waals surface area contributed by atoms with Crippen molar-refractivity contribution in [2.24, 2.45) is 5.92 Å². The van der Waals surface area contributed by atoms with Gasteiger partial charge in [-0.1, -0.05) is 37.3 Å². The minimum absolute atomic E-state index is 0.231. The average molecular weight is 402 g/mol. The Labute approximate surface area is 166 Å². The second-order valence-electron chi connectivity index (χ2n) is 6.73. The van der Waals surface area contributed by atoms with Gasteiger partial charge in [0.05, 0.1) is 7.11 Å². The molecular formula is C18H22N6O3S. The first-order chi connectivity index (χ1) is 13.4. The van der Waals surface area contributed by atoms with E-state index in [-0.39, 0.29) is 5.92 Å². The van der Waals surface area contributed by atoms with Gasteiger partial charge in [0.15, 0.2) is 5.82 Å². The molecule has 2 heterocycles. The van der Waals surface area contributed by atoms with Crippen LogP contribution in [0.15, 0.2) is 24.3 Å². The summed E-state index contributed by atoms with van der Waals surface area (Å²) in [7, 11) is 1.31. The van der Waals surface area contributed by atoms with Crippen molar-refractivity contribution in [3.8, 4) is 10.6 Å². The van der Waals surface area contributed by atoms with E-state index in [0.717, 1.165) is 10.6 Å². The molecule has 1 atom stereocenters. The number of carbonyl (C=O) groups excluding carboxylic acids is 2. The molecule has 3 aromatic rings. The molecule has 2 aromatic heterocycles. The number of hydrogen-bond donors (Lipinski definition) is 2. The van der Waals surface area contributed by atoms with Crippen molar-refractivity contribution in [2.75, 3.05) is 12.4 Å². The molecule has 1 aromatic carbocycles. The second-order valence-corrected chi connectivity index (χ2v) is 7.69. The molecule has 0 spiro atoms.